The van der Waals surface area contributed by atoms with Gasteiger partial charge in [-0.2, -0.15) is 0 Å². The third kappa shape index (κ3) is 6.96. The lowest BCUT2D eigenvalue weighted by atomic mass is 10.1. The largest absolute Gasteiger partial charge is 0.492 e. The standard InChI is InChI=1S/C21H27F2N5O.HI/c1-15-4-3-5-20(26-15)28-11-8-16(9-12-28)27-21(24-2)25-10-13-29-17-6-7-18(22)19(23)14-17;/h3-7,14,16H,8-13H2,1-2H3,(H2,24,25,27);1H. The van der Waals surface area contributed by atoms with Crippen molar-refractivity contribution < 1.29 is 13.5 Å². The van der Waals surface area contributed by atoms with Gasteiger partial charge in [-0.25, -0.2) is 13.8 Å². The van der Waals surface area contributed by atoms with Gasteiger partial charge < -0.3 is 20.3 Å². The van der Waals surface area contributed by atoms with Gasteiger partial charge in [0.15, 0.2) is 17.6 Å². The van der Waals surface area contributed by atoms with Gasteiger partial charge in [0.2, 0.25) is 0 Å². The number of aromatic nitrogens is 1. The molecule has 2 N–H and O–H groups in total. The molecular weight excluding hydrogens is 503 g/mol. The molecule has 2 aromatic rings. The predicted molar refractivity (Wildman–Crippen MR) is 126 cm³/mol. The maximum absolute atomic E-state index is 13.2. The molecule has 0 bridgehead atoms. The summed E-state index contributed by atoms with van der Waals surface area (Å²) in [5, 5.41) is 6.61. The Labute approximate surface area is 193 Å². The number of piperidine rings is 1. The topological polar surface area (TPSA) is 61.8 Å². The second-order valence-corrected chi connectivity index (χ2v) is 6.97. The fraction of sp³-hybridized carbons (Fsp3) is 0.429. The Morgan fingerprint density at radius 3 is 2.63 bits per heavy atom. The lowest BCUT2D eigenvalue weighted by Gasteiger charge is -2.34. The van der Waals surface area contributed by atoms with Crippen LogP contribution in [0.4, 0.5) is 14.6 Å². The highest BCUT2D eigenvalue weighted by molar-refractivity contribution is 14.0. The number of hydrogen-bond acceptors (Lipinski definition) is 4. The van der Waals surface area contributed by atoms with Crippen molar-refractivity contribution in [3.05, 3.63) is 53.7 Å². The molecule has 0 atom stereocenters. The number of pyridine rings is 1. The molecule has 0 amide bonds. The Bertz CT molecular complexity index is 844. The van der Waals surface area contributed by atoms with Gasteiger partial charge >= 0.3 is 0 Å². The van der Waals surface area contributed by atoms with Crippen molar-refractivity contribution in [2.45, 2.75) is 25.8 Å². The zero-order chi connectivity index (χ0) is 20.6. The maximum atomic E-state index is 13.2. The zero-order valence-electron chi connectivity index (χ0n) is 17.2. The lowest BCUT2D eigenvalue weighted by molar-refractivity contribution is 0.318. The van der Waals surface area contributed by atoms with Crippen molar-refractivity contribution in [3.8, 4) is 5.75 Å². The first-order valence-electron chi connectivity index (χ1n) is 9.79. The number of guanidine groups is 1. The molecule has 1 aliphatic rings. The first-order chi connectivity index (χ1) is 14.0. The SMILES string of the molecule is CN=C(NCCOc1ccc(F)c(F)c1)NC1CCN(c2cccc(C)n2)CC1.I. The Balaban J connectivity index is 0.00000320. The summed E-state index contributed by atoms with van der Waals surface area (Å²) in [5.74, 6) is 0.224. The molecule has 1 aromatic heterocycles. The van der Waals surface area contributed by atoms with Crippen molar-refractivity contribution in [2.75, 3.05) is 38.2 Å². The van der Waals surface area contributed by atoms with Gasteiger partial charge in [-0.1, -0.05) is 6.07 Å². The molecule has 1 fully saturated rings. The second kappa shape index (κ2) is 11.9. The summed E-state index contributed by atoms with van der Waals surface area (Å²) in [6.07, 6.45) is 1.98. The maximum Gasteiger partial charge on any atom is 0.191 e. The summed E-state index contributed by atoms with van der Waals surface area (Å²) < 4.78 is 31.5. The number of rotatable bonds is 6. The molecule has 2 heterocycles. The van der Waals surface area contributed by atoms with Crippen LogP contribution >= 0.6 is 24.0 Å². The number of ether oxygens (including phenoxy) is 1. The summed E-state index contributed by atoms with van der Waals surface area (Å²) in [6, 6.07) is 9.92. The van der Waals surface area contributed by atoms with Crippen LogP contribution in [0, 0.1) is 18.6 Å². The van der Waals surface area contributed by atoms with Gasteiger partial charge in [-0.15, -0.1) is 24.0 Å². The van der Waals surface area contributed by atoms with Crippen LogP contribution in [0.5, 0.6) is 5.75 Å². The molecule has 1 aliphatic heterocycles. The number of aryl methyl sites for hydroxylation is 1. The normalized spacial score (nSPS) is 14.8. The molecule has 6 nitrogen and oxygen atoms in total. The van der Waals surface area contributed by atoms with Gasteiger partial charge in [0.05, 0.1) is 6.54 Å². The Morgan fingerprint density at radius 2 is 1.97 bits per heavy atom. The third-order valence-corrected chi connectivity index (χ3v) is 4.81. The molecule has 30 heavy (non-hydrogen) atoms. The zero-order valence-corrected chi connectivity index (χ0v) is 19.5. The van der Waals surface area contributed by atoms with E-state index in [1.54, 1.807) is 7.05 Å². The Hall–Kier alpha value is -2.17. The van der Waals surface area contributed by atoms with Crippen molar-refractivity contribution in [2.24, 2.45) is 4.99 Å². The van der Waals surface area contributed by atoms with Crippen LogP contribution in [0.2, 0.25) is 0 Å². The van der Waals surface area contributed by atoms with Gasteiger partial charge in [0, 0.05) is 37.9 Å². The van der Waals surface area contributed by atoms with Crippen LogP contribution in [0.25, 0.3) is 0 Å². The number of aliphatic imine (C=N–C) groups is 1. The smallest absolute Gasteiger partial charge is 0.191 e. The molecule has 0 spiro atoms. The van der Waals surface area contributed by atoms with Gasteiger partial charge in [-0.3, -0.25) is 4.99 Å². The fourth-order valence-electron chi connectivity index (χ4n) is 3.25. The molecular formula is C21H28F2IN5O. The summed E-state index contributed by atoms with van der Waals surface area (Å²) in [6.45, 7) is 4.67. The van der Waals surface area contributed by atoms with Crippen LogP contribution in [0.1, 0.15) is 18.5 Å². The van der Waals surface area contributed by atoms with E-state index in [0.717, 1.165) is 49.6 Å². The van der Waals surface area contributed by atoms with Gasteiger partial charge in [0.1, 0.15) is 18.2 Å². The van der Waals surface area contributed by atoms with E-state index in [9.17, 15) is 8.78 Å². The highest BCUT2D eigenvalue weighted by Crippen LogP contribution is 2.18. The number of halogens is 3. The van der Waals surface area contributed by atoms with Gasteiger partial charge in [-0.05, 0) is 44.0 Å². The molecule has 0 saturated carbocycles. The summed E-state index contributed by atoms with van der Waals surface area (Å²) >= 11 is 0. The quantitative estimate of drug-likeness (QED) is 0.259. The summed E-state index contributed by atoms with van der Waals surface area (Å²) in [4.78, 5) is 11.1. The van der Waals surface area contributed by atoms with E-state index in [0.29, 0.717) is 30.9 Å². The van der Waals surface area contributed by atoms with E-state index in [4.69, 9.17) is 4.74 Å². The minimum atomic E-state index is -0.917. The minimum Gasteiger partial charge on any atom is -0.492 e. The third-order valence-electron chi connectivity index (χ3n) is 4.81. The molecule has 1 saturated heterocycles. The van der Waals surface area contributed by atoms with Gasteiger partial charge in [0.25, 0.3) is 0 Å². The second-order valence-electron chi connectivity index (χ2n) is 6.97. The fourth-order valence-corrected chi connectivity index (χ4v) is 3.25. The molecule has 164 valence electrons. The van der Waals surface area contributed by atoms with Crippen molar-refractivity contribution in [1.29, 1.82) is 0 Å². The van der Waals surface area contributed by atoms with Crippen molar-refractivity contribution in [3.63, 3.8) is 0 Å². The highest BCUT2D eigenvalue weighted by Gasteiger charge is 2.20. The number of hydrogen-bond donors (Lipinski definition) is 2. The van der Waals surface area contributed by atoms with Crippen molar-refractivity contribution in [1.82, 2.24) is 15.6 Å². The number of nitrogens with zero attached hydrogens (tertiary/aromatic N) is 3. The van der Waals surface area contributed by atoms with E-state index >= 15 is 0 Å². The molecule has 3 rings (SSSR count). The average molecular weight is 531 g/mol. The molecule has 9 heteroatoms. The number of anilines is 1. The lowest BCUT2D eigenvalue weighted by Crippen LogP contribution is -2.49. The number of benzene rings is 1. The number of nitrogens with one attached hydrogen (secondary N) is 2. The van der Waals surface area contributed by atoms with E-state index in [1.165, 1.54) is 6.07 Å². The predicted octanol–water partition coefficient (Wildman–Crippen LogP) is 3.50. The van der Waals surface area contributed by atoms with E-state index in [2.05, 4.69) is 25.5 Å². The first kappa shape index (κ1) is 24.1. The van der Waals surface area contributed by atoms with Crippen LogP contribution in [-0.4, -0.2) is 50.3 Å². The Morgan fingerprint density at radius 1 is 1.20 bits per heavy atom. The molecule has 0 radical (unpaired) electrons. The first-order valence-corrected chi connectivity index (χ1v) is 9.79. The summed E-state index contributed by atoms with van der Waals surface area (Å²) in [5.41, 5.74) is 1.03. The Kier molecular flexibility index (Phi) is 9.54. The van der Waals surface area contributed by atoms with Crippen LogP contribution in [0.15, 0.2) is 41.4 Å². The van der Waals surface area contributed by atoms with E-state index in [-0.39, 0.29) is 24.0 Å². The molecule has 0 aliphatic carbocycles. The van der Waals surface area contributed by atoms with Crippen LogP contribution < -0.4 is 20.3 Å². The highest BCUT2D eigenvalue weighted by atomic mass is 127. The van der Waals surface area contributed by atoms with Crippen molar-refractivity contribution >= 4 is 35.8 Å². The van der Waals surface area contributed by atoms with Crippen LogP contribution in [-0.2, 0) is 0 Å². The van der Waals surface area contributed by atoms with E-state index in [1.807, 2.05) is 25.1 Å². The van der Waals surface area contributed by atoms with E-state index < -0.39 is 11.6 Å². The average Bonchev–Trinajstić information content (AvgIpc) is 2.73. The molecule has 0 unspecified atom stereocenters. The summed E-state index contributed by atoms with van der Waals surface area (Å²) in [7, 11) is 1.72. The molecule has 1 aromatic carbocycles. The monoisotopic (exact) mass is 531 g/mol. The minimum absolute atomic E-state index is 0. The van der Waals surface area contributed by atoms with Crippen LogP contribution in [0.3, 0.4) is 0 Å².